The Kier molecular flexibility index (Phi) is 5.38. The highest BCUT2D eigenvalue weighted by Gasteiger charge is 2.46. The predicted molar refractivity (Wildman–Crippen MR) is 107 cm³/mol. The van der Waals surface area contributed by atoms with E-state index in [2.05, 4.69) is 6.07 Å². The topological polar surface area (TPSA) is 73.6 Å². The molecular formula is C22H29N3O3. The average Bonchev–Trinajstić information content (AvgIpc) is 3.07. The van der Waals surface area contributed by atoms with Crippen LogP contribution in [0.4, 0.5) is 10.5 Å². The Morgan fingerprint density at radius 1 is 1.21 bits per heavy atom. The maximum atomic E-state index is 13.5. The highest BCUT2D eigenvalue weighted by molar-refractivity contribution is 6.00. The van der Waals surface area contributed by atoms with Gasteiger partial charge in [-0.15, -0.1) is 0 Å². The Morgan fingerprint density at radius 3 is 2.46 bits per heavy atom. The molecule has 28 heavy (non-hydrogen) atoms. The lowest BCUT2D eigenvalue weighted by Gasteiger charge is -2.33. The van der Waals surface area contributed by atoms with E-state index in [0.29, 0.717) is 25.9 Å². The molecule has 1 aliphatic heterocycles. The maximum absolute atomic E-state index is 13.5. The summed E-state index contributed by atoms with van der Waals surface area (Å²) < 4.78 is 5.59. The van der Waals surface area contributed by atoms with Crippen LogP contribution in [0.3, 0.4) is 0 Å². The summed E-state index contributed by atoms with van der Waals surface area (Å²) in [5.74, 6) is -0.141. The molecule has 1 aromatic rings. The fourth-order valence-corrected chi connectivity index (χ4v) is 4.08. The molecule has 3 rings (SSSR count). The molecule has 2 amide bonds. The highest BCUT2D eigenvalue weighted by atomic mass is 16.6. The van der Waals surface area contributed by atoms with Crippen molar-refractivity contribution in [3.05, 3.63) is 29.8 Å². The van der Waals surface area contributed by atoms with Crippen LogP contribution in [0, 0.1) is 16.7 Å². The van der Waals surface area contributed by atoms with E-state index < -0.39 is 11.0 Å². The fourth-order valence-electron chi connectivity index (χ4n) is 4.08. The summed E-state index contributed by atoms with van der Waals surface area (Å²) >= 11 is 0. The first-order chi connectivity index (χ1) is 13.2. The molecule has 0 spiro atoms. The quantitative estimate of drug-likeness (QED) is 0.727. The van der Waals surface area contributed by atoms with Gasteiger partial charge in [-0.3, -0.25) is 9.69 Å². The molecule has 1 atom stereocenters. The third-order valence-electron chi connectivity index (χ3n) is 5.56. The molecule has 0 aromatic heterocycles. The van der Waals surface area contributed by atoms with E-state index >= 15 is 0 Å². The molecule has 0 bridgehead atoms. The Bertz CT molecular complexity index is 800. The molecule has 1 heterocycles. The standard InChI is InChI=1S/C22H29N3O3/c1-16-13-25(19(26)22(15-23)11-7-8-12-22)18-10-6-5-9-17(18)14-24(16)20(27)28-21(2,3)4/h5-6,9-10,16H,7-8,11-14H2,1-4H3/t16-/m0/s1. The Balaban J connectivity index is 1.96. The van der Waals surface area contributed by atoms with E-state index in [1.807, 2.05) is 52.0 Å². The predicted octanol–water partition coefficient (Wildman–Crippen LogP) is 4.24. The van der Waals surface area contributed by atoms with Crippen molar-refractivity contribution in [3.8, 4) is 6.07 Å². The average molecular weight is 383 g/mol. The molecule has 1 aliphatic carbocycles. The largest absolute Gasteiger partial charge is 0.444 e. The zero-order chi connectivity index (χ0) is 20.5. The van der Waals surface area contributed by atoms with Gasteiger partial charge in [-0.05, 0) is 52.2 Å². The molecule has 0 unspecified atom stereocenters. The number of nitrogens with zero attached hydrogens (tertiary/aromatic N) is 3. The van der Waals surface area contributed by atoms with E-state index in [-0.39, 0.29) is 18.0 Å². The number of benzene rings is 1. The van der Waals surface area contributed by atoms with Crippen molar-refractivity contribution in [3.63, 3.8) is 0 Å². The molecule has 0 saturated heterocycles. The van der Waals surface area contributed by atoms with Crippen LogP contribution >= 0.6 is 0 Å². The minimum Gasteiger partial charge on any atom is -0.444 e. The Labute approximate surface area is 167 Å². The van der Waals surface area contributed by atoms with Gasteiger partial charge in [0.2, 0.25) is 5.91 Å². The SMILES string of the molecule is C[C@H]1CN(C(=O)C2(C#N)CCCC2)c2ccccc2CN1C(=O)OC(C)(C)C. The number of nitriles is 1. The molecule has 150 valence electrons. The molecule has 2 aliphatic rings. The normalized spacial score (nSPS) is 21.5. The number of para-hydroxylation sites is 1. The number of carbonyl (C=O) groups is 2. The zero-order valence-electron chi connectivity index (χ0n) is 17.2. The Hall–Kier alpha value is -2.55. The van der Waals surface area contributed by atoms with Crippen molar-refractivity contribution in [1.29, 1.82) is 5.26 Å². The van der Waals surface area contributed by atoms with Gasteiger partial charge in [0, 0.05) is 12.2 Å². The molecule has 1 saturated carbocycles. The number of hydrogen-bond donors (Lipinski definition) is 0. The van der Waals surface area contributed by atoms with Crippen LogP contribution in [0.1, 0.15) is 58.9 Å². The third-order valence-corrected chi connectivity index (χ3v) is 5.56. The van der Waals surface area contributed by atoms with Gasteiger partial charge in [-0.2, -0.15) is 5.26 Å². The molecule has 0 radical (unpaired) electrons. The van der Waals surface area contributed by atoms with E-state index in [9.17, 15) is 14.9 Å². The molecule has 6 heteroatoms. The van der Waals surface area contributed by atoms with Gasteiger partial charge in [0.25, 0.3) is 0 Å². The van der Waals surface area contributed by atoms with Crippen molar-refractivity contribution in [2.24, 2.45) is 5.41 Å². The Morgan fingerprint density at radius 2 is 1.86 bits per heavy atom. The number of amides is 2. The molecule has 1 fully saturated rings. The maximum Gasteiger partial charge on any atom is 0.410 e. The smallest absolute Gasteiger partial charge is 0.410 e. The fraction of sp³-hybridized carbons (Fsp3) is 0.591. The summed E-state index contributed by atoms with van der Waals surface area (Å²) in [4.78, 5) is 29.7. The molecule has 6 nitrogen and oxygen atoms in total. The highest BCUT2D eigenvalue weighted by Crippen LogP contribution is 2.41. The lowest BCUT2D eigenvalue weighted by atomic mass is 9.86. The lowest BCUT2D eigenvalue weighted by Crippen LogP contribution is -2.49. The number of anilines is 1. The van der Waals surface area contributed by atoms with Crippen LogP contribution in [0.25, 0.3) is 0 Å². The second kappa shape index (κ2) is 7.46. The first-order valence-electron chi connectivity index (χ1n) is 9.98. The number of fused-ring (bicyclic) bond motifs is 1. The van der Waals surface area contributed by atoms with E-state index in [1.54, 1.807) is 9.80 Å². The van der Waals surface area contributed by atoms with Crippen LogP contribution < -0.4 is 4.90 Å². The van der Waals surface area contributed by atoms with Crippen LogP contribution in [0.5, 0.6) is 0 Å². The minimum absolute atomic E-state index is 0.141. The number of hydrogen-bond acceptors (Lipinski definition) is 4. The van der Waals surface area contributed by atoms with E-state index in [1.165, 1.54) is 0 Å². The second-order valence-corrected chi connectivity index (χ2v) is 8.90. The summed E-state index contributed by atoms with van der Waals surface area (Å²) in [6, 6.07) is 9.70. The first kappa shape index (κ1) is 20.2. The molecular weight excluding hydrogens is 354 g/mol. The van der Waals surface area contributed by atoms with Crippen molar-refractivity contribution < 1.29 is 14.3 Å². The number of ether oxygens (including phenoxy) is 1. The molecule has 0 N–H and O–H groups in total. The van der Waals surface area contributed by atoms with Gasteiger partial charge in [-0.1, -0.05) is 31.0 Å². The summed E-state index contributed by atoms with van der Waals surface area (Å²) in [5.41, 5.74) is 0.130. The zero-order valence-corrected chi connectivity index (χ0v) is 17.2. The van der Waals surface area contributed by atoms with Gasteiger partial charge in [0.05, 0.1) is 18.7 Å². The van der Waals surface area contributed by atoms with E-state index in [4.69, 9.17) is 4.74 Å². The van der Waals surface area contributed by atoms with E-state index in [0.717, 1.165) is 24.1 Å². The van der Waals surface area contributed by atoms with Crippen molar-refractivity contribution >= 4 is 17.7 Å². The van der Waals surface area contributed by atoms with Gasteiger partial charge in [-0.25, -0.2) is 4.79 Å². The first-order valence-corrected chi connectivity index (χ1v) is 9.98. The third kappa shape index (κ3) is 3.84. The summed E-state index contributed by atoms with van der Waals surface area (Å²) in [7, 11) is 0. The number of rotatable bonds is 1. The second-order valence-electron chi connectivity index (χ2n) is 8.90. The van der Waals surface area contributed by atoms with Gasteiger partial charge >= 0.3 is 6.09 Å². The van der Waals surface area contributed by atoms with Crippen LogP contribution in [0.2, 0.25) is 0 Å². The van der Waals surface area contributed by atoms with Gasteiger partial charge < -0.3 is 9.64 Å². The van der Waals surface area contributed by atoms with Crippen molar-refractivity contribution in [2.45, 2.75) is 71.6 Å². The van der Waals surface area contributed by atoms with Crippen LogP contribution in [-0.4, -0.2) is 35.1 Å². The summed E-state index contributed by atoms with van der Waals surface area (Å²) in [6.07, 6.45) is 2.61. The lowest BCUT2D eigenvalue weighted by molar-refractivity contribution is -0.125. The van der Waals surface area contributed by atoms with Crippen molar-refractivity contribution in [1.82, 2.24) is 4.90 Å². The summed E-state index contributed by atoms with van der Waals surface area (Å²) in [6.45, 7) is 8.16. The monoisotopic (exact) mass is 383 g/mol. The van der Waals surface area contributed by atoms with Crippen LogP contribution in [-0.2, 0) is 16.1 Å². The van der Waals surface area contributed by atoms with Crippen molar-refractivity contribution in [2.75, 3.05) is 11.4 Å². The van der Waals surface area contributed by atoms with Gasteiger partial charge in [0.15, 0.2) is 0 Å². The number of carbonyl (C=O) groups excluding carboxylic acids is 2. The van der Waals surface area contributed by atoms with Crippen LogP contribution in [0.15, 0.2) is 24.3 Å². The van der Waals surface area contributed by atoms with Gasteiger partial charge in [0.1, 0.15) is 11.0 Å². The minimum atomic E-state index is -0.950. The summed E-state index contributed by atoms with van der Waals surface area (Å²) in [5, 5.41) is 9.79. The molecule has 1 aromatic carbocycles.